The molecule has 1 atom stereocenters. The molecule has 7 heteroatoms. The van der Waals surface area contributed by atoms with Crippen LogP contribution in [0, 0.1) is 5.82 Å². The second-order valence-corrected chi connectivity index (χ2v) is 3.99. The van der Waals surface area contributed by atoms with Crippen molar-refractivity contribution in [2.75, 3.05) is 20.3 Å². The summed E-state index contributed by atoms with van der Waals surface area (Å²) < 4.78 is 23.0. The van der Waals surface area contributed by atoms with Gasteiger partial charge in [-0.2, -0.15) is 0 Å². The van der Waals surface area contributed by atoms with E-state index in [1.165, 1.54) is 20.1 Å². The Balaban J connectivity index is 2.72. The Labute approximate surface area is 115 Å². The van der Waals surface area contributed by atoms with Crippen molar-refractivity contribution in [3.63, 3.8) is 0 Å². The molecule has 6 nitrogen and oxygen atoms in total. The Morgan fingerprint density at radius 2 is 2.15 bits per heavy atom. The number of benzene rings is 1. The van der Waals surface area contributed by atoms with E-state index in [0.717, 1.165) is 12.1 Å². The number of carbonyl (C=O) groups excluding carboxylic acids is 1. The number of hydrogen-bond acceptors (Lipinski definition) is 4. The molecule has 2 N–H and O–H groups in total. The monoisotopic (exact) mass is 285 g/mol. The highest BCUT2D eigenvalue weighted by molar-refractivity contribution is 5.91. The van der Waals surface area contributed by atoms with E-state index in [1.54, 1.807) is 0 Å². The second kappa shape index (κ2) is 7.44. The van der Waals surface area contributed by atoms with E-state index in [2.05, 4.69) is 5.32 Å². The number of ether oxygens (including phenoxy) is 2. The van der Waals surface area contributed by atoms with Crippen molar-refractivity contribution in [1.29, 1.82) is 0 Å². The molecule has 1 aromatic rings. The standard InChI is InChI=1S/C13H16FNO5/c1-8(12(16)15-5-6-19-2)20-11-4-3-9(14)7-10(11)13(17)18/h3-4,7-8H,5-6H2,1-2H3,(H,15,16)(H,17,18). The van der Waals surface area contributed by atoms with Crippen molar-refractivity contribution in [1.82, 2.24) is 5.32 Å². The fourth-order valence-corrected chi connectivity index (χ4v) is 1.44. The molecular formula is C13H16FNO5. The van der Waals surface area contributed by atoms with E-state index >= 15 is 0 Å². The van der Waals surface area contributed by atoms with Gasteiger partial charge in [-0.3, -0.25) is 4.79 Å². The fraction of sp³-hybridized carbons (Fsp3) is 0.385. The number of methoxy groups -OCH3 is 1. The Morgan fingerprint density at radius 3 is 2.75 bits per heavy atom. The van der Waals surface area contributed by atoms with Crippen molar-refractivity contribution in [2.24, 2.45) is 0 Å². The molecule has 0 heterocycles. The fourth-order valence-electron chi connectivity index (χ4n) is 1.44. The minimum Gasteiger partial charge on any atom is -0.480 e. The van der Waals surface area contributed by atoms with Gasteiger partial charge in [-0.1, -0.05) is 0 Å². The number of carbonyl (C=O) groups is 2. The summed E-state index contributed by atoms with van der Waals surface area (Å²) in [5.41, 5.74) is -0.332. The maximum absolute atomic E-state index is 13.0. The number of nitrogens with one attached hydrogen (secondary N) is 1. The summed E-state index contributed by atoms with van der Waals surface area (Å²) in [5, 5.41) is 11.5. The molecule has 0 aliphatic heterocycles. The van der Waals surface area contributed by atoms with Crippen LogP contribution in [0.25, 0.3) is 0 Å². The smallest absolute Gasteiger partial charge is 0.339 e. The van der Waals surface area contributed by atoms with Gasteiger partial charge in [0.05, 0.1) is 6.61 Å². The normalized spacial score (nSPS) is 11.8. The first kappa shape index (κ1) is 15.9. The molecule has 1 rings (SSSR count). The zero-order valence-corrected chi connectivity index (χ0v) is 11.2. The summed E-state index contributed by atoms with van der Waals surface area (Å²) in [7, 11) is 1.50. The van der Waals surface area contributed by atoms with Gasteiger partial charge in [0, 0.05) is 13.7 Å². The molecule has 0 saturated heterocycles. The third kappa shape index (κ3) is 4.51. The van der Waals surface area contributed by atoms with Crippen LogP contribution >= 0.6 is 0 Å². The molecule has 0 spiro atoms. The van der Waals surface area contributed by atoms with Gasteiger partial charge in [0.15, 0.2) is 6.10 Å². The molecule has 20 heavy (non-hydrogen) atoms. The lowest BCUT2D eigenvalue weighted by Gasteiger charge is -2.16. The van der Waals surface area contributed by atoms with Gasteiger partial charge in [0.2, 0.25) is 0 Å². The minimum absolute atomic E-state index is 0.0618. The topological polar surface area (TPSA) is 84.9 Å². The zero-order chi connectivity index (χ0) is 15.1. The van der Waals surface area contributed by atoms with E-state index in [4.69, 9.17) is 14.6 Å². The molecule has 0 bridgehead atoms. The van der Waals surface area contributed by atoms with Crippen LogP contribution in [0.5, 0.6) is 5.75 Å². The SMILES string of the molecule is COCCNC(=O)C(C)Oc1ccc(F)cc1C(=O)O. The van der Waals surface area contributed by atoms with Crippen molar-refractivity contribution in [3.05, 3.63) is 29.6 Å². The summed E-state index contributed by atoms with van der Waals surface area (Å²) in [6.07, 6.45) is -0.907. The van der Waals surface area contributed by atoms with E-state index in [9.17, 15) is 14.0 Å². The first-order valence-corrected chi connectivity index (χ1v) is 5.92. The molecule has 0 aliphatic rings. The van der Waals surface area contributed by atoms with Crippen molar-refractivity contribution in [3.8, 4) is 5.75 Å². The van der Waals surface area contributed by atoms with Crippen LogP contribution in [-0.2, 0) is 9.53 Å². The second-order valence-electron chi connectivity index (χ2n) is 3.99. The molecule has 1 aromatic carbocycles. The highest BCUT2D eigenvalue weighted by atomic mass is 19.1. The molecule has 0 radical (unpaired) electrons. The summed E-state index contributed by atoms with van der Waals surface area (Å²) >= 11 is 0. The predicted octanol–water partition coefficient (Wildman–Crippen LogP) is 1.05. The third-order valence-corrected chi connectivity index (χ3v) is 2.45. The summed E-state index contributed by atoms with van der Waals surface area (Å²) in [5.74, 6) is -2.49. The number of aromatic carboxylic acids is 1. The Bertz CT molecular complexity index is 492. The average Bonchev–Trinajstić information content (AvgIpc) is 2.40. The van der Waals surface area contributed by atoms with Crippen LogP contribution in [0.1, 0.15) is 17.3 Å². The van der Waals surface area contributed by atoms with Gasteiger partial charge < -0.3 is 19.9 Å². The number of amides is 1. The predicted molar refractivity (Wildman–Crippen MR) is 68.3 cm³/mol. The molecule has 1 unspecified atom stereocenters. The minimum atomic E-state index is -1.33. The van der Waals surface area contributed by atoms with Gasteiger partial charge in [-0.05, 0) is 25.1 Å². The van der Waals surface area contributed by atoms with Crippen LogP contribution in [-0.4, -0.2) is 43.3 Å². The van der Waals surface area contributed by atoms with Gasteiger partial charge in [-0.15, -0.1) is 0 Å². The lowest BCUT2D eigenvalue weighted by molar-refractivity contribution is -0.127. The number of halogens is 1. The van der Waals surface area contributed by atoms with E-state index < -0.39 is 23.8 Å². The van der Waals surface area contributed by atoms with Gasteiger partial charge in [-0.25, -0.2) is 9.18 Å². The average molecular weight is 285 g/mol. The maximum Gasteiger partial charge on any atom is 0.339 e. The lowest BCUT2D eigenvalue weighted by atomic mass is 10.2. The number of hydrogen-bond donors (Lipinski definition) is 2. The first-order chi connectivity index (χ1) is 9.45. The largest absolute Gasteiger partial charge is 0.480 e. The molecule has 0 fully saturated rings. The van der Waals surface area contributed by atoms with Gasteiger partial charge in [0.1, 0.15) is 17.1 Å². The van der Waals surface area contributed by atoms with Crippen LogP contribution in [0.2, 0.25) is 0 Å². The Hall–Kier alpha value is -2.15. The van der Waals surface area contributed by atoms with Crippen molar-refractivity contribution < 1.29 is 28.6 Å². The van der Waals surface area contributed by atoms with Gasteiger partial charge in [0.25, 0.3) is 5.91 Å². The highest BCUT2D eigenvalue weighted by Crippen LogP contribution is 2.21. The number of rotatable bonds is 7. The number of carboxylic acid groups (broad SMARTS) is 1. The molecule has 0 aliphatic carbocycles. The summed E-state index contributed by atoms with van der Waals surface area (Å²) in [4.78, 5) is 22.6. The Morgan fingerprint density at radius 1 is 1.45 bits per heavy atom. The van der Waals surface area contributed by atoms with Crippen LogP contribution in [0.4, 0.5) is 4.39 Å². The van der Waals surface area contributed by atoms with Crippen LogP contribution in [0.3, 0.4) is 0 Å². The summed E-state index contributed by atoms with van der Waals surface area (Å²) in [6, 6.07) is 3.09. The number of carboxylic acids is 1. The maximum atomic E-state index is 13.0. The van der Waals surface area contributed by atoms with Gasteiger partial charge >= 0.3 is 5.97 Å². The van der Waals surface area contributed by atoms with E-state index in [1.807, 2.05) is 0 Å². The van der Waals surface area contributed by atoms with Crippen molar-refractivity contribution in [2.45, 2.75) is 13.0 Å². The first-order valence-electron chi connectivity index (χ1n) is 5.92. The molecule has 1 amide bonds. The van der Waals surface area contributed by atoms with E-state index in [-0.39, 0.29) is 11.3 Å². The molecular weight excluding hydrogens is 269 g/mol. The van der Waals surface area contributed by atoms with Crippen molar-refractivity contribution >= 4 is 11.9 Å². The van der Waals surface area contributed by atoms with Crippen LogP contribution < -0.4 is 10.1 Å². The lowest BCUT2D eigenvalue weighted by Crippen LogP contribution is -2.38. The quantitative estimate of drug-likeness (QED) is 0.732. The molecule has 110 valence electrons. The summed E-state index contributed by atoms with van der Waals surface area (Å²) in [6.45, 7) is 2.14. The Kier molecular flexibility index (Phi) is 5.92. The molecule has 0 saturated carbocycles. The third-order valence-electron chi connectivity index (χ3n) is 2.45. The highest BCUT2D eigenvalue weighted by Gasteiger charge is 2.19. The van der Waals surface area contributed by atoms with Crippen LogP contribution in [0.15, 0.2) is 18.2 Å². The molecule has 0 aromatic heterocycles. The zero-order valence-electron chi connectivity index (χ0n) is 11.2. The van der Waals surface area contributed by atoms with E-state index in [0.29, 0.717) is 13.2 Å².